The van der Waals surface area contributed by atoms with Crippen LogP contribution in [0.2, 0.25) is 0 Å². The van der Waals surface area contributed by atoms with E-state index in [9.17, 15) is 4.79 Å². The van der Waals surface area contributed by atoms with Gasteiger partial charge in [-0.2, -0.15) is 0 Å². The van der Waals surface area contributed by atoms with Crippen molar-refractivity contribution in [3.8, 4) is 0 Å². The minimum Gasteiger partial charge on any atom is -0.308 e. The summed E-state index contributed by atoms with van der Waals surface area (Å²) in [6.45, 7) is 1.57. The van der Waals surface area contributed by atoms with Crippen molar-refractivity contribution in [2.45, 2.75) is 31.8 Å². The predicted octanol–water partition coefficient (Wildman–Crippen LogP) is 1.88. The fraction of sp³-hybridized carbons (Fsp3) is 0.417. The maximum atomic E-state index is 11.6. The predicted molar refractivity (Wildman–Crippen MR) is 60.4 cm³/mol. The van der Waals surface area contributed by atoms with E-state index >= 15 is 0 Å². The maximum Gasteiger partial charge on any atom is 0.225 e. The molecule has 1 fully saturated rings. The van der Waals surface area contributed by atoms with Crippen LogP contribution < -0.4 is 10.6 Å². The van der Waals surface area contributed by atoms with Crippen molar-refractivity contribution >= 4 is 11.6 Å². The Balaban J connectivity index is 2.32. The van der Waals surface area contributed by atoms with Crippen LogP contribution >= 0.6 is 0 Å². The van der Waals surface area contributed by atoms with Gasteiger partial charge in [0, 0.05) is 12.6 Å². The Labute approximate surface area is 89.9 Å². The molecular formula is C12H16N2O. The highest BCUT2D eigenvalue weighted by Gasteiger charge is 2.40. The third-order valence-electron chi connectivity index (χ3n) is 2.99. The first-order valence-electron chi connectivity index (χ1n) is 5.28. The molecule has 2 rings (SSSR count). The molecule has 0 spiro atoms. The smallest absolute Gasteiger partial charge is 0.225 e. The number of amides is 1. The van der Waals surface area contributed by atoms with Gasteiger partial charge in [0.25, 0.3) is 0 Å². The molecule has 2 N–H and O–H groups in total. The van der Waals surface area contributed by atoms with Crippen molar-refractivity contribution < 1.29 is 4.79 Å². The molecule has 80 valence electrons. The van der Waals surface area contributed by atoms with E-state index in [0.29, 0.717) is 0 Å². The van der Waals surface area contributed by atoms with Crippen molar-refractivity contribution in [3.05, 3.63) is 30.3 Å². The molecule has 0 unspecified atom stereocenters. The standard InChI is InChI=1S/C12H16N2O/c1-10(15)14(12(13)8-5-9-12)11-6-3-2-4-7-11/h2-4,6-7H,5,8-9,13H2,1H3. The van der Waals surface area contributed by atoms with Gasteiger partial charge in [0.15, 0.2) is 0 Å². The minimum atomic E-state index is -0.451. The fourth-order valence-electron chi connectivity index (χ4n) is 2.09. The van der Waals surface area contributed by atoms with Crippen molar-refractivity contribution in [2.24, 2.45) is 5.73 Å². The van der Waals surface area contributed by atoms with E-state index < -0.39 is 5.66 Å². The Morgan fingerprint density at radius 1 is 1.33 bits per heavy atom. The van der Waals surface area contributed by atoms with Gasteiger partial charge >= 0.3 is 0 Å². The number of rotatable bonds is 2. The summed E-state index contributed by atoms with van der Waals surface area (Å²) in [4.78, 5) is 13.3. The zero-order valence-electron chi connectivity index (χ0n) is 8.94. The van der Waals surface area contributed by atoms with Crippen molar-refractivity contribution in [2.75, 3.05) is 4.90 Å². The van der Waals surface area contributed by atoms with Gasteiger partial charge < -0.3 is 5.73 Å². The van der Waals surface area contributed by atoms with E-state index in [1.165, 1.54) is 0 Å². The van der Waals surface area contributed by atoms with Crippen molar-refractivity contribution in [1.29, 1.82) is 0 Å². The summed E-state index contributed by atoms with van der Waals surface area (Å²) in [5.41, 5.74) is 6.63. The molecule has 3 nitrogen and oxygen atoms in total. The molecule has 15 heavy (non-hydrogen) atoms. The van der Waals surface area contributed by atoms with Gasteiger partial charge in [-0.1, -0.05) is 18.2 Å². The van der Waals surface area contributed by atoms with E-state index in [2.05, 4.69) is 0 Å². The van der Waals surface area contributed by atoms with Crippen LogP contribution in [0.5, 0.6) is 0 Å². The first-order chi connectivity index (χ1) is 7.13. The van der Waals surface area contributed by atoms with E-state index in [1.807, 2.05) is 30.3 Å². The molecule has 0 bridgehead atoms. The fourth-order valence-corrected chi connectivity index (χ4v) is 2.09. The Kier molecular flexibility index (Phi) is 2.49. The van der Waals surface area contributed by atoms with Gasteiger partial charge in [0.2, 0.25) is 5.91 Å². The second-order valence-electron chi connectivity index (χ2n) is 4.15. The number of carbonyl (C=O) groups excluding carboxylic acids is 1. The Morgan fingerprint density at radius 2 is 1.93 bits per heavy atom. The molecule has 1 aliphatic rings. The van der Waals surface area contributed by atoms with Gasteiger partial charge in [-0.05, 0) is 31.4 Å². The molecule has 1 aromatic carbocycles. The average molecular weight is 204 g/mol. The van der Waals surface area contributed by atoms with Crippen LogP contribution in [0.3, 0.4) is 0 Å². The lowest BCUT2D eigenvalue weighted by molar-refractivity contribution is -0.118. The molecule has 0 aromatic heterocycles. The van der Waals surface area contributed by atoms with Gasteiger partial charge in [-0.25, -0.2) is 0 Å². The van der Waals surface area contributed by atoms with Crippen LogP contribution in [0.25, 0.3) is 0 Å². The molecule has 0 aliphatic heterocycles. The zero-order chi connectivity index (χ0) is 10.9. The van der Waals surface area contributed by atoms with Gasteiger partial charge in [-0.3, -0.25) is 9.69 Å². The lowest BCUT2D eigenvalue weighted by Gasteiger charge is -2.47. The summed E-state index contributed by atoms with van der Waals surface area (Å²) in [6.07, 6.45) is 2.88. The van der Waals surface area contributed by atoms with Crippen LogP contribution in [0.4, 0.5) is 5.69 Å². The number of carbonyl (C=O) groups is 1. The highest BCUT2D eigenvalue weighted by Crippen LogP contribution is 2.35. The molecule has 1 aromatic rings. The van der Waals surface area contributed by atoms with Crippen LogP contribution in [-0.4, -0.2) is 11.6 Å². The number of nitrogens with zero attached hydrogens (tertiary/aromatic N) is 1. The first-order valence-corrected chi connectivity index (χ1v) is 5.28. The Bertz CT molecular complexity index is 357. The van der Waals surface area contributed by atoms with E-state index in [-0.39, 0.29) is 5.91 Å². The summed E-state index contributed by atoms with van der Waals surface area (Å²) in [5.74, 6) is 0.0170. The van der Waals surface area contributed by atoms with Crippen molar-refractivity contribution in [3.63, 3.8) is 0 Å². The zero-order valence-corrected chi connectivity index (χ0v) is 8.94. The molecule has 1 amide bonds. The largest absolute Gasteiger partial charge is 0.308 e. The van der Waals surface area contributed by atoms with Gasteiger partial charge in [0.1, 0.15) is 0 Å². The Morgan fingerprint density at radius 3 is 2.33 bits per heavy atom. The SMILES string of the molecule is CC(=O)N(c1ccccc1)C1(N)CCC1. The molecule has 0 radical (unpaired) electrons. The van der Waals surface area contributed by atoms with E-state index in [0.717, 1.165) is 24.9 Å². The lowest BCUT2D eigenvalue weighted by atomic mass is 9.83. The normalized spacial score (nSPS) is 18.0. The topological polar surface area (TPSA) is 46.3 Å². The first kappa shape index (κ1) is 10.2. The van der Waals surface area contributed by atoms with Crippen LogP contribution in [0, 0.1) is 0 Å². The number of benzene rings is 1. The number of nitrogens with two attached hydrogens (primary N) is 1. The second-order valence-corrected chi connectivity index (χ2v) is 4.15. The minimum absolute atomic E-state index is 0.0170. The summed E-state index contributed by atoms with van der Waals surface area (Å²) in [7, 11) is 0. The highest BCUT2D eigenvalue weighted by molar-refractivity contribution is 5.93. The van der Waals surface area contributed by atoms with Crippen LogP contribution in [0.1, 0.15) is 26.2 Å². The molecule has 3 heteroatoms. The number of anilines is 1. The maximum absolute atomic E-state index is 11.6. The van der Waals surface area contributed by atoms with E-state index in [4.69, 9.17) is 5.73 Å². The molecular weight excluding hydrogens is 188 g/mol. The van der Waals surface area contributed by atoms with Crippen molar-refractivity contribution in [1.82, 2.24) is 0 Å². The second kappa shape index (κ2) is 3.66. The molecule has 0 atom stereocenters. The number of hydrogen-bond acceptors (Lipinski definition) is 2. The van der Waals surface area contributed by atoms with Gasteiger partial charge in [0.05, 0.1) is 5.66 Å². The molecule has 1 saturated carbocycles. The van der Waals surface area contributed by atoms with Crippen LogP contribution in [0.15, 0.2) is 30.3 Å². The summed E-state index contributed by atoms with van der Waals surface area (Å²) >= 11 is 0. The Hall–Kier alpha value is -1.35. The summed E-state index contributed by atoms with van der Waals surface area (Å²) < 4.78 is 0. The van der Waals surface area contributed by atoms with Crippen LogP contribution in [-0.2, 0) is 4.79 Å². The molecule has 1 aliphatic carbocycles. The third kappa shape index (κ3) is 1.75. The molecule has 0 saturated heterocycles. The number of para-hydroxylation sites is 1. The lowest BCUT2D eigenvalue weighted by Crippen LogP contribution is -2.62. The van der Waals surface area contributed by atoms with Gasteiger partial charge in [-0.15, -0.1) is 0 Å². The summed E-state index contributed by atoms with van der Waals surface area (Å²) in [5, 5.41) is 0. The monoisotopic (exact) mass is 204 g/mol. The quantitative estimate of drug-likeness (QED) is 0.748. The van der Waals surface area contributed by atoms with E-state index in [1.54, 1.807) is 11.8 Å². The number of hydrogen-bond donors (Lipinski definition) is 1. The third-order valence-corrected chi connectivity index (χ3v) is 2.99. The average Bonchev–Trinajstić information content (AvgIpc) is 2.16. The summed E-state index contributed by atoms with van der Waals surface area (Å²) in [6, 6.07) is 9.63. The highest BCUT2D eigenvalue weighted by atomic mass is 16.2. The molecule has 0 heterocycles.